The van der Waals surface area contributed by atoms with Crippen LogP contribution in [0.4, 0.5) is 0 Å². The van der Waals surface area contributed by atoms with Crippen LogP contribution < -0.4 is 4.72 Å². The van der Waals surface area contributed by atoms with Gasteiger partial charge in [0.2, 0.25) is 10.0 Å². The van der Waals surface area contributed by atoms with Gasteiger partial charge in [-0.2, -0.15) is 0 Å². The monoisotopic (exact) mass is 303 g/mol. The minimum atomic E-state index is -3.54. The van der Waals surface area contributed by atoms with E-state index in [1.807, 2.05) is 0 Å². The molecular weight excluding hydrogens is 282 g/mol. The van der Waals surface area contributed by atoms with Crippen molar-refractivity contribution in [2.45, 2.75) is 17.9 Å². The molecule has 0 amide bonds. The second-order valence-corrected chi connectivity index (χ2v) is 6.01. The Morgan fingerprint density at radius 3 is 2.40 bits per heavy atom. The first-order valence-corrected chi connectivity index (χ1v) is 7.80. The van der Waals surface area contributed by atoms with Gasteiger partial charge < -0.3 is 14.6 Å². The van der Waals surface area contributed by atoms with Crippen molar-refractivity contribution >= 4 is 10.0 Å². The van der Waals surface area contributed by atoms with Gasteiger partial charge in [-0.1, -0.05) is 12.1 Å². The summed E-state index contributed by atoms with van der Waals surface area (Å²) in [4.78, 5) is 0.166. The van der Waals surface area contributed by atoms with Gasteiger partial charge in [-0.3, -0.25) is 0 Å². The van der Waals surface area contributed by atoms with Crippen LogP contribution in [0.3, 0.4) is 0 Å². The van der Waals surface area contributed by atoms with E-state index in [-0.39, 0.29) is 18.0 Å². The molecule has 0 aliphatic carbocycles. The molecule has 1 unspecified atom stereocenters. The average molecular weight is 303 g/mol. The number of ether oxygens (including phenoxy) is 2. The second kappa shape index (κ2) is 8.33. The Kier molecular flexibility index (Phi) is 7.11. The SMILES string of the molecule is COCCOCCNS(=O)(=O)c1ccc(C(C)O)cc1. The molecule has 2 N–H and O–H groups in total. The Balaban J connectivity index is 2.47. The number of hydrogen-bond donors (Lipinski definition) is 2. The molecule has 0 aliphatic rings. The maximum absolute atomic E-state index is 11.9. The van der Waals surface area contributed by atoms with E-state index in [1.165, 1.54) is 12.1 Å². The standard InChI is InChI=1S/C13H21NO5S/c1-11(15)12-3-5-13(6-4-12)20(16,17)14-7-8-19-10-9-18-2/h3-6,11,14-15H,7-10H2,1-2H3. The largest absolute Gasteiger partial charge is 0.389 e. The first-order valence-electron chi connectivity index (χ1n) is 6.32. The zero-order chi connectivity index (χ0) is 15.0. The number of nitrogens with one attached hydrogen (secondary N) is 1. The van der Waals surface area contributed by atoms with Crippen LogP contribution in [0.15, 0.2) is 29.2 Å². The van der Waals surface area contributed by atoms with Crippen LogP contribution in [-0.2, 0) is 19.5 Å². The number of sulfonamides is 1. The van der Waals surface area contributed by atoms with Gasteiger partial charge in [0.25, 0.3) is 0 Å². The summed E-state index contributed by atoms with van der Waals surface area (Å²) in [6.07, 6.45) is -0.617. The lowest BCUT2D eigenvalue weighted by Gasteiger charge is -2.09. The van der Waals surface area contributed by atoms with Crippen molar-refractivity contribution in [1.29, 1.82) is 0 Å². The van der Waals surface area contributed by atoms with Gasteiger partial charge in [0, 0.05) is 13.7 Å². The minimum absolute atomic E-state index is 0.166. The highest BCUT2D eigenvalue weighted by atomic mass is 32.2. The van der Waals surface area contributed by atoms with E-state index in [1.54, 1.807) is 26.2 Å². The van der Waals surface area contributed by atoms with E-state index in [0.29, 0.717) is 18.8 Å². The van der Waals surface area contributed by atoms with E-state index < -0.39 is 16.1 Å². The molecule has 0 spiro atoms. The fourth-order valence-corrected chi connectivity index (χ4v) is 2.51. The summed E-state index contributed by atoms with van der Waals surface area (Å²) in [6.45, 7) is 3.02. The molecular formula is C13H21NO5S. The van der Waals surface area contributed by atoms with Crippen LogP contribution >= 0.6 is 0 Å². The fraction of sp³-hybridized carbons (Fsp3) is 0.538. The summed E-state index contributed by atoms with van der Waals surface area (Å²) in [5.74, 6) is 0. The topological polar surface area (TPSA) is 84.9 Å². The van der Waals surface area contributed by atoms with Crippen molar-refractivity contribution in [3.8, 4) is 0 Å². The molecule has 1 aromatic rings. The lowest BCUT2D eigenvalue weighted by Crippen LogP contribution is -2.27. The Hall–Kier alpha value is -0.990. The van der Waals surface area contributed by atoms with Crippen molar-refractivity contribution in [3.05, 3.63) is 29.8 Å². The molecule has 0 saturated heterocycles. The summed E-state index contributed by atoms with van der Waals surface area (Å²) in [6, 6.07) is 6.12. The summed E-state index contributed by atoms with van der Waals surface area (Å²) in [5.41, 5.74) is 0.673. The Labute approximate surface area is 119 Å². The van der Waals surface area contributed by atoms with Crippen LogP contribution in [-0.4, -0.2) is 47.0 Å². The van der Waals surface area contributed by atoms with Gasteiger partial charge in [0.05, 0.1) is 30.8 Å². The smallest absolute Gasteiger partial charge is 0.240 e. The summed E-state index contributed by atoms with van der Waals surface area (Å²) in [7, 11) is -1.97. The van der Waals surface area contributed by atoms with E-state index in [4.69, 9.17) is 9.47 Å². The number of methoxy groups -OCH3 is 1. The number of aliphatic hydroxyl groups is 1. The minimum Gasteiger partial charge on any atom is -0.389 e. The number of rotatable bonds is 9. The Morgan fingerprint density at radius 2 is 1.85 bits per heavy atom. The number of hydrogen-bond acceptors (Lipinski definition) is 5. The van der Waals surface area contributed by atoms with Gasteiger partial charge >= 0.3 is 0 Å². The first kappa shape index (κ1) is 17.1. The van der Waals surface area contributed by atoms with Crippen LogP contribution in [0, 0.1) is 0 Å². The van der Waals surface area contributed by atoms with E-state index in [0.717, 1.165) is 0 Å². The van der Waals surface area contributed by atoms with Gasteiger partial charge in [-0.25, -0.2) is 13.1 Å². The highest BCUT2D eigenvalue weighted by Crippen LogP contribution is 2.15. The molecule has 0 bridgehead atoms. The maximum Gasteiger partial charge on any atom is 0.240 e. The lowest BCUT2D eigenvalue weighted by molar-refractivity contribution is 0.0736. The predicted octanol–water partition coefficient (Wildman–Crippen LogP) is 0.681. The first-order chi connectivity index (χ1) is 9.47. The average Bonchev–Trinajstić information content (AvgIpc) is 2.43. The predicted molar refractivity (Wildman–Crippen MR) is 75.0 cm³/mol. The molecule has 1 rings (SSSR count). The molecule has 7 heteroatoms. The normalized spacial score (nSPS) is 13.3. The zero-order valence-corrected chi connectivity index (χ0v) is 12.5. The van der Waals surface area contributed by atoms with Crippen molar-refractivity contribution < 1.29 is 23.0 Å². The van der Waals surface area contributed by atoms with Crippen LogP contribution in [0.1, 0.15) is 18.6 Å². The number of aliphatic hydroxyl groups excluding tert-OH is 1. The van der Waals surface area contributed by atoms with Gasteiger partial charge in [0.15, 0.2) is 0 Å². The van der Waals surface area contributed by atoms with E-state index >= 15 is 0 Å². The molecule has 114 valence electrons. The van der Waals surface area contributed by atoms with Crippen molar-refractivity contribution in [3.63, 3.8) is 0 Å². The lowest BCUT2D eigenvalue weighted by atomic mass is 10.1. The Morgan fingerprint density at radius 1 is 1.20 bits per heavy atom. The fourth-order valence-electron chi connectivity index (χ4n) is 1.50. The third-order valence-corrected chi connectivity index (χ3v) is 4.12. The third kappa shape index (κ3) is 5.56. The summed E-state index contributed by atoms with van der Waals surface area (Å²) >= 11 is 0. The van der Waals surface area contributed by atoms with Gasteiger partial charge in [-0.05, 0) is 24.6 Å². The van der Waals surface area contributed by atoms with Crippen molar-refractivity contribution in [1.82, 2.24) is 4.72 Å². The van der Waals surface area contributed by atoms with E-state index in [2.05, 4.69) is 4.72 Å². The van der Waals surface area contributed by atoms with Crippen molar-refractivity contribution in [2.75, 3.05) is 33.5 Å². The van der Waals surface area contributed by atoms with Gasteiger partial charge in [0.1, 0.15) is 0 Å². The second-order valence-electron chi connectivity index (χ2n) is 4.25. The summed E-state index contributed by atoms with van der Waals surface area (Å²) < 4.78 is 36.3. The quantitative estimate of drug-likeness (QED) is 0.655. The molecule has 0 radical (unpaired) electrons. The maximum atomic E-state index is 11.9. The van der Waals surface area contributed by atoms with Crippen LogP contribution in [0.2, 0.25) is 0 Å². The molecule has 20 heavy (non-hydrogen) atoms. The Bertz CT molecular complexity index is 484. The number of benzene rings is 1. The van der Waals surface area contributed by atoms with Crippen molar-refractivity contribution in [2.24, 2.45) is 0 Å². The summed E-state index contributed by atoms with van der Waals surface area (Å²) in [5, 5.41) is 9.37. The molecule has 0 heterocycles. The zero-order valence-electron chi connectivity index (χ0n) is 11.7. The molecule has 0 saturated carbocycles. The van der Waals surface area contributed by atoms with E-state index in [9.17, 15) is 13.5 Å². The van der Waals surface area contributed by atoms with Crippen LogP contribution in [0.25, 0.3) is 0 Å². The molecule has 1 atom stereocenters. The highest BCUT2D eigenvalue weighted by Gasteiger charge is 2.13. The molecule has 0 fully saturated rings. The third-order valence-electron chi connectivity index (χ3n) is 2.64. The highest BCUT2D eigenvalue weighted by molar-refractivity contribution is 7.89. The van der Waals surface area contributed by atoms with Gasteiger partial charge in [-0.15, -0.1) is 0 Å². The molecule has 0 aromatic heterocycles. The molecule has 1 aromatic carbocycles. The molecule has 6 nitrogen and oxygen atoms in total. The van der Waals surface area contributed by atoms with Crippen LogP contribution in [0.5, 0.6) is 0 Å². The molecule has 0 aliphatic heterocycles.